The maximum Gasteiger partial charge on any atom is 0.313 e. The van der Waals surface area contributed by atoms with E-state index in [9.17, 15) is 24.3 Å². The maximum atomic E-state index is 14.0. The van der Waals surface area contributed by atoms with Gasteiger partial charge in [0, 0.05) is 32.7 Å². The van der Waals surface area contributed by atoms with Crippen molar-refractivity contribution in [3.05, 3.63) is 24.3 Å². The standard InChI is InChI=1S/C27H39N3O7/c1-3-4-7-13-29-14-8-12-27-22(24(33)30(15-9-16-31)23(27)25(29)34)21-19(37-27)10-5-6-11-20(32)28-17-18(2)36-26(21)35/h5,8,10,12,18-19,21-23,31H,3-4,6-7,9,11,13-17H2,1-2H3,(H,28,32)/b10-5-/t18-,19-,21+,22+,23-,27+/m1/s1. The number of carbonyl (C=O) groups excluding carboxylic acids is 4. The second-order valence-corrected chi connectivity index (χ2v) is 10.4. The number of allylic oxidation sites excluding steroid dienone is 1. The minimum absolute atomic E-state index is 0.126. The van der Waals surface area contributed by atoms with E-state index in [-0.39, 0.29) is 43.8 Å². The molecular formula is C27H39N3O7. The second-order valence-electron chi connectivity index (χ2n) is 10.4. The number of nitrogens with zero attached hydrogens (tertiary/aromatic N) is 2. The Kier molecular flexibility index (Phi) is 8.69. The highest BCUT2D eigenvalue weighted by molar-refractivity contribution is 5.99. The van der Waals surface area contributed by atoms with Crippen molar-refractivity contribution in [3.63, 3.8) is 0 Å². The van der Waals surface area contributed by atoms with Crippen LogP contribution in [-0.4, -0.2) is 95.2 Å². The number of unbranched alkanes of at least 4 members (excludes halogenated alkanes) is 2. The van der Waals surface area contributed by atoms with Gasteiger partial charge in [-0.25, -0.2) is 0 Å². The average Bonchev–Trinajstić information content (AvgIpc) is 3.25. The number of cyclic esters (lactones) is 1. The van der Waals surface area contributed by atoms with E-state index in [4.69, 9.17) is 9.47 Å². The predicted molar refractivity (Wildman–Crippen MR) is 134 cm³/mol. The molecule has 4 aliphatic rings. The van der Waals surface area contributed by atoms with Gasteiger partial charge in [-0.2, -0.15) is 0 Å². The molecule has 0 radical (unpaired) electrons. The van der Waals surface area contributed by atoms with Gasteiger partial charge < -0.3 is 29.7 Å². The summed E-state index contributed by atoms with van der Waals surface area (Å²) in [6.07, 6.45) is 9.75. The van der Waals surface area contributed by atoms with Gasteiger partial charge in [-0.15, -0.1) is 0 Å². The van der Waals surface area contributed by atoms with Crippen LogP contribution in [0.2, 0.25) is 0 Å². The van der Waals surface area contributed by atoms with E-state index in [1.807, 2.05) is 6.08 Å². The number of nitrogens with one attached hydrogen (secondary N) is 1. The van der Waals surface area contributed by atoms with Crippen molar-refractivity contribution in [2.45, 2.75) is 76.2 Å². The highest BCUT2D eigenvalue weighted by Gasteiger charge is 2.71. The zero-order chi connectivity index (χ0) is 26.6. The Bertz CT molecular complexity index is 950. The van der Waals surface area contributed by atoms with Gasteiger partial charge in [-0.1, -0.05) is 44.1 Å². The van der Waals surface area contributed by atoms with Crippen LogP contribution >= 0.6 is 0 Å². The van der Waals surface area contributed by atoms with Crippen molar-refractivity contribution in [2.75, 3.05) is 32.8 Å². The minimum atomic E-state index is -1.32. The fourth-order valence-electron chi connectivity index (χ4n) is 5.94. The molecule has 0 saturated carbocycles. The number of fused-ring (bicyclic) bond motifs is 2. The van der Waals surface area contributed by atoms with Crippen molar-refractivity contribution in [3.8, 4) is 0 Å². The lowest BCUT2D eigenvalue weighted by molar-refractivity contribution is -0.158. The second kappa shape index (κ2) is 11.8. The normalized spacial score (nSPS) is 35.1. The van der Waals surface area contributed by atoms with Crippen LogP contribution in [0.25, 0.3) is 0 Å². The summed E-state index contributed by atoms with van der Waals surface area (Å²) in [5.74, 6) is -3.13. The third kappa shape index (κ3) is 5.31. The van der Waals surface area contributed by atoms with E-state index in [2.05, 4.69) is 12.2 Å². The number of aliphatic hydroxyl groups is 1. The predicted octanol–water partition coefficient (Wildman–Crippen LogP) is 0.936. The topological polar surface area (TPSA) is 125 Å². The van der Waals surface area contributed by atoms with Crippen molar-refractivity contribution in [1.29, 1.82) is 0 Å². The SMILES string of the molecule is CCCCCN1CC=C[C@]23O[C@@H]4/C=C\CCC(=O)NC[C@@H](C)OC(=O)[C@@H]4[C@H]2C(=O)N(CCCO)[C@@H]3C1=O. The maximum absolute atomic E-state index is 14.0. The molecule has 2 fully saturated rings. The van der Waals surface area contributed by atoms with Gasteiger partial charge in [0.25, 0.3) is 0 Å². The summed E-state index contributed by atoms with van der Waals surface area (Å²) in [4.78, 5) is 56.7. The Labute approximate surface area is 218 Å². The van der Waals surface area contributed by atoms with Crippen LogP contribution in [0, 0.1) is 11.8 Å². The van der Waals surface area contributed by atoms with E-state index in [0.717, 1.165) is 19.3 Å². The van der Waals surface area contributed by atoms with Gasteiger partial charge in [0.15, 0.2) is 0 Å². The molecule has 2 N–H and O–H groups in total. The Balaban J connectivity index is 1.73. The molecule has 4 aliphatic heterocycles. The number of aliphatic hydroxyl groups excluding tert-OH is 1. The van der Waals surface area contributed by atoms with Crippen LogP contribution in [0.5, 0.6) is 0 Å². The molecule has 6 atom stereocenters. The number of esters is 1. The summed E-state index contributed by atoms with van der Waals surface area (Å²) in [5, 5.41) is 12.2. The van der Waals surface area contributed by atoms with Crippen molar-refractivity contribution >= 4 is 23.7 Å². The first-order chi connectivity index (χ1) is 17.8. The number of hydrogen-bond acceptors (Lipinski definition) is 7. The molecule has 1 spiro atoms. The third-order valence-electron chi connectivity index (χ3n) is 7.71. The van der Waals surface area contributed by atoms with Gasteiger partial charge in [0.2, 0.25) is 17.7 Å². The molecular weight excluding hydrogens is 478 g/mol. The van der Waals surface area contributed by atoms with E-state index in [1.165, 1.54) is 4.90 Å². The Morgan fingerprint density at radius 3 is 2.68 bits per heavy atom. The van der Waals surface area contributed by atoms with E-state index in [1.54, 1.807) is 30.1 Å². The Morgan fingerprint density at radius 1 is 1.11 bits per heavy atom. The molecule has 37 heavy (non-hydrogen) atoms. The smallest absolute Gasteiger partial charge is 0.313 e. The van der Waals surface area contributed by atoms with Gasteiger partial charge in [0.05, 0.1) is 18.6 Å². The molecule has 4 rings (SSSR count). The molecule has 4 heterocycles. The first-order valence-corrected chi connectivity index (χ1v) is 13.5. The van der Waals surface area contributed by atoms with Crippen LogP contribution in [0.15, 0.2) is 24.3 Å². The highest BCUT2D eigenvalue weighted by Crippen LogP contribution is 2.53. The molecule has 10 heteroatoms. The monoisotopic (exact) mass is 517 g/mol. The van der Waals surface area contributed by atoms with Crippen molar-refractivity contribution in [1.82, 2.24) is 15.1 Å². The summed E-state index contributed by atoms with van der Waals surface area (Å²) < 4.78 is 12.3. The number of hydrogen-bond donors (Lipinski definition) is 2. The van der Waals surface area contributed by atoms with Crippen molar-refractivity contribution < 1.29 is 33.8 Å². The summed E-state index contributed by atoms with van der Waals surface area (Å²) in [6, 6.07) is -0.929. The quantitative estimate of drug-likeness (QED) is 0.292. The molecule has 204 valence electrons. The fourth-order valence-corrected chi connectivity index (χ4v) is 5.94. The third-order valence-corrected chi connectivity index (χ3v) is 7.71. The molecule has 0 aliphatic carbocycles. The molecule has 2 saturated heterocycles. The van der Waals surface area contributed by atoms with Crippen LogP contribution in [0.1, 0.15) is 52.4 Å². The van der Waals surface area contributed by atoms with Crippen molar-refractivity contribution in [2.24, 2.45) is 11.8 Å². The largest absolute Gasteiger partial charge is 0.460 e. The number of likely N-dealkylation sites (tertiary alicyclic amines) is 1. The van der Waals surface area contributed by atoms with Gasteiger partial charge in [-0.05, 0) is 26.2 Å². The summed E-state index contributed by atoms with van der Waals surface area (Å²) in [6.45, 7) is 5.00. The lowest BCUT2D eigenvalue weighted by Crippen LogP contribution is -2.55. The van der Waals surface area contributed by atoms with Gasteiger partial charge in [0.1, 0.15) is 23.7 Å². The van der Waals surface area contributed by atoms with Gasteiger partial charge >= 0.3 is 5.97 Å². The fraction of sp³-hybridized carbons (Fsp3) is 0.704. The molecule has 0 aromatic heterocycles. The first-order valence-electron chi connectivity index (χ1n) is 13.5. The van der Waals surface area contributed by atoms with Crippen LogP contribution in [-0.2, 0) is 28.7 Å². The Morgan fingerprint density at radius 2 is 1.92 bits per heavy atom. The van der Waals surface area contributed by atoms with E-state index < -0.39 is 41.7 Å². The van der Waals surface area contributed by atoms with Crippen LogP contribution < -0.4 is 5.32 Å². The number of carbonyl (C=O) groups is 4. The molecule has 0 unspecified atom stereocenters. The number of ether oxygens (including phenoxy) is 2. The van der Waals surface area contributed by atoms with Crippen LogP contribution in [0.4, 0.5) is 0 Å². The van der Waals surface area contributed by atoms with E-state index in [0.29, 0.717) is 25.9 Å². The zero-order valence-corrected chi connectivity index (χ0v) is 21.8. The summed E-state index contributed by atoms with van der Waals surface area (Å²) >= 11 is 0. The molecule has 3 amide bonds. The first kappa shape index (κ1) is 27.3. The zero-order valence-electron chi connectivity index (χ0n) is 21.8. The molecule has 10 nitrogen and oxygen atoms in total. The lowest BCUT2D eigenvalue weighted by Gasteiger charge is -2.35. The van der Waals surface area contributed by atoms with Gasteiger partial charge in [-0.3, -0.25) is 19.2 Å². The summed E-state index contributed by atoms with van der Waals surface area (Å²) in [5.41, 5.74) is -1.32. The molecule has 0 bridgehead atoms. The number of amides is 3. The molecule has 0 aromatic carbocycles. The lowest BCUT2D eigenvalue weighted by atomic mass is 9.78. The highest BCUT2D eigenvalue weighted by atomic mass is 16.6. The number of rotatable bonds is 7. The summed E-state index contributed by atoms with van der Waals surface area (Å²) in [7, 11) is 0. The minimum Gasteiger partial charge on any atom is -0.460 e. The average molecular weight is 518 g/mol. The van der Waals surface area contributed by atoms with Crippen LogP contribution in [0.3, 0.4) is 0 Å². The molecule has 0 aromatic rings. The van der Waals surface area contributed by atoms with E-state index >= 15 is 0 Å². The Hall–Kier alpha value is -2.72.